The topological polar surface area (TPSA) is 153 Å². The van der Waals surface area contributed by atoms with Crippen molar-refractivity contribution in [2.24, 2.45) is 0 Å². The number of nitro benzene ring substituents is 1. The number of anilines is 1. The number of barbiturate groups is 1. The van der Waals surface area contributed by atoms with Gasteiger partial charge in [-0.25, -0.2) is 9.69 Å². The second kappa shape index (κ2) is 9.19. The predicted octanol–water partition coefficient (Wildman–Crippen LogP) is 3.03. The molecule has 0 radical (unpaired) electrons. The van der Waals surface area contributed by atoms with Gasteiger partial charge in [-0.1, -0.05) is 42.5 Å². The number of carbonyl (C=O) groups excluding carboxylic acids is 3. The van der Waals surface area contributed by atoms with Crippen molar-refractivity contribution in [3.05, 3.63) is 100 Å². The van der Waals surface area contributed by atoms with E-state index in [1.165, 1.54) is 66.7 Å². The lowest BCUT2D eigenvalue weighted by molar-refractivity contribution is -0.384. The van der Waals surface area contributed by atoms with E-state index in [4.69, 9.17) is 4.18 Å². The number of carbonyl (C=O) groups is 3. The first-order valence-corrected chi connectivity index (χ1v) is 11.3. The summed E-state index contributed by atoms with van der Waals surface area (Å²) < 4.78 is 30.5. The van der Waals surface area contributed by atoms with Gasteiger partial charge >= 0.3 is 16.1 Å². The van der Waals surface area contributed by atoms with Gasteiger partial charge in [-0.3, -0.25) is 25.0 Å². The lowest BCUT2D eigenvalue weighted by Gasteiger charge is -2.26. The van der Waals surface area contributed by atoms with Crippen molar-refractivity contribution in [3.8, 4) is 5.75 Å². The Morgan fingerprint density at radius 1 is 0.914 bits per heavy atom. The highest BCUT2D eigenvalue weighted by atomic mass is 32.2. The van der Waals surface area contributed by atoms with Gasteiger partial charge in [0.25, 0.3) is 17.5 Å². The zero-order valence-electron chi connectivity index (χ0n) is 17.7. The number of benzene rings is 3. The van der Waals surface area contributed by atoms with Crippen LogP contribution in [0.2, 0.25) is 0 Å². The molecule has 12 heteroatoms. The molecule has 0 spiro atoms. The molecule has 1 aliphatic rings. The van der Waals surface area contributed by atoms with Crippen molar-refractivity contribution in [2.75, 3.05) is 4.90 Å². The van der Waals surface area contributed by atoms with Crippen LogP contribution in [0.1, 0.15) is 5.56 Å². The van der Waals surface area contributed by atoms with E-state index in [-0.39, 0.29) is 27.6 Å². The van der Waals surface area contributed by atoms with Gasteiger partial charge in [-0.05, 0) is 30.3 Å². The highest BCUT2D eigenvalue weighted by molar-refractivity contribution is 7.87. The quantitative estimate of drug-likeness (QED) is 0.181. The molecule has 4 rings (SSSR count). The Balaban J connectivity index is 1.72. The lowest BCUT2D eigenvalue weighted by Crippen LogP contribution is -2.54. The Kier molecular flexibility index (Phi) is 6.12. The minimum atomic E-state index is -4.22. The molecule has 3 aromatic carbocycles. The summed E-state index contributed by atoms with van der Waals surface area (Å²) in [6, 6.07) is 16.8. The van der Waals surface area contributed by atoms with Gasteiger partial charge in [0.2, 0.25) is 0 Å². The van der Waals surface area contributed by atoms with Crippen LogP contribution in [0.4, 0.5) is 16.2 Å². The Morgan fingerprint density at radius 3 is 2.31 bits per heavy atom. The normalized spacial score (nSPS) is 15.1. The Labute approximate surface area is 198 Å². The van der Waals surface area contributed by atoms with Crippen molar-refractivity contribution in [3.63, 3.8) is 0 Å². The third-order valence-corrected chi connectivity index (χ3v) is 6.10. The molecule has 0 aromatic heterocycles. The predicted molar refractivity (Wildman–Crippen MR) is 123 cm³/mol. The van der Waals surface area contributed by atoms with Gasteiger partial charge < -0.3 is 4.18 Å². The number of nitrogens with zero attached hydrogens (tertiary/aromatic N) is 2. The third-order valence-electron chi connectivity index (χ3n) is 4.85. The summed E-state index contributed by atoms with van der Waals surface area (Å²) in [5.74, 6) is -2.24. The number of urea groups is 1. The molecular weight excluding hydrogens is 478 g/mol. The fraction of sp³-hybridized carbons (Fsp3) is 0. The fourth-order valence-corrected chi connectivity index (χ4v) is 4.20. The van der Waals surface area contributed by atoms with Crippen LogP contribution in [0, 0.1) is 10.1 Å². The van der Waals surface area contributed by atoms with Crippen LogP contribution in [0.3, 0.4) is 0 Å². The number of amides is 4. The molecule has 1 aliphatic heterocycles. The van der Waals surface area contributed by atoms with Crippen molar-refractivity contribution in [2.45, 2.75) is 4.90 Å². The van der Waals surface area contributed by atoms with Gasteiger partial charge in [0, 0.05) is 17.7 Å². The van der Waals surface area contributed by atoms with E-state index in [9.17, 15) is 32.9 Å². The van der Waals surface area contributed by atoms with Crippen LogP contribution in [0.5, 0.6) is 5.75 Å². The number of para-hydroxylation sites is 1. The van der Waals surface area contributed by atoms with Crippen molar-refractivity contribution >= 4 is 45.4 Å². The molecule has 176 valence electrons. The third kappa shape index (κ3) is 4.77. The molecule has 1 fully saturated rings. The summed E-state index contributed by atoms with van der Waals surface area (Å²) in [7, 11) is -4.22. The zero-order valence-corrected chi connectivity index (χ0v) is 18.5. The first-order valence-electron chi connectivity index (χ1n) is 9.92. The summed E-state index contributed by atoms with van der Waals surface area (Å²) in [5.41, 5.74) is -0.935. The second-order valence-electron chi connectivity index (χ2n) is 7.12. The zero-order chi connectivity index (χ0) is 25.2. The van der Waals surface area contributed by atoms with Crippen LogP contribution in [-0.2, 0) is 19.7 Å². The van der Waals surface area contributed by atoms with Crippen LogP contribution < -0.4 is 14.4 Å². The summed E-state index contributed by atoms with van der Waals surface area (Å²) in [4.78, 5) is 48.8. The molecule has 0 atom stereocenters. The van der Waals surface area contributed by atoms with Crippen LogP contribution >= 0.6 is 0 Å². The van der Waals surface area contributed by atoms with Gasteiger partial charge in [0.1, 0.15) is 16.2 Å². The van der Waals surface area contributed by atoms with Crippen molar-refractivity contribution < 1.29 is 31.9 Å². The largest absolute Gasteiger partial charge is 0.378 e. The fourth-order valence-electron chi connectivity index (χ4n) is 3.22. The van der Waals surface area contributed by atoms with Gasteiger partial charge in [0.15, 0.2) is 0 Å². The van der Waals surface area contributed by atoms with Gasteiger partial charge in [0.05, 0.1) is 10.6 Å². The minimum Gasteiger partial charge on any atom is -0.378 e. The molecule has 35 heavy (non-hydrogen) atoms. The van der Waals surface area contributed by atoms with Crippen molar-refractivity contribution in [1.82, 2.24) is 5.32 Å². The molecule has 0 aliphatic carbocycles. The maximum atomic E-state index is 13.1. The second-order valence-corrected chi connectivity index (χ2v) is 8.67. The smallest absolute Gasteiger partial charge is 0.339 e. The minimum absolute atomic E-state index is 0.0684. The van der Waals surface area contributed by atoms with E-state index in [1.807, 2.05) is 5.32 Å². The maximum Gasteiger partial charge on any atom is 0.339 e. The molecule has 0 unspecified atom stereocenters. The number of rotatable bonds is 6. The summed E-state index contributed by atoms with van der Waals surface area (Å²) in [6.07, 6.45) is 1.07. The van der Waals surface area contributed by atoms with Gasteiger partial charge in [-0.15, -0.1) is 0 Å². The average molecular weight is 493 g/mol. The Morgan fingerprint density at radius 2 is 1.60 bits per heavy atom. The SMILES string of the molecule is O=C1NC(=O)N(c2cccc([N+](=O)[O-])c2)C(=O)/C1=C\c1ccccc1OS(=O)(=O)c1ccccc1. The van der Waals surface area contributed by atoms with E-state index in [2.05, 4.69) is 0 Å². The van der Waals surface area contributed by atoms with E-state index in [0.29, 0.717) is 4.90 Å². The van der Waals surface area contributed by atoms with E-state index in [0.717, 1.165) is 12.1 Å². The first kappa shape index (κ1) is 23.3. The number of hydrogen-bond donors (Lipinski definition) is 1. The van der Waals surface area contributed by atoms with Crippen LogP contribution in [-0.4, -0.2) is 31.2 Å². The standard InChI is InChI=1S/C23H15N3O8S/c27-21-19(22(28)25(23(29)24-21)16-8-6-9-17(14-16)26(30)31)13-15-7-4-5-12-20(15)34-35(32,33)18-10-2-1-3-11-18/h1-14H,(H,24,27,29)/b19-13-. The number of hydrogen-bond acceptors (Lipinski definition) is 8. The lowest BCUT2D eigenvalue weighted by atomic mass is 10.1. The first-order chi connectivity index (χ1) is 16.7. The number of nitro groups is 1. The van der Waals surface area contributed by atoms with E-state index >= 15 is 0 Å². The molecule has 1 N–H and O–H groups in total. The van der Waals surface area contributed by atoms with Gasteiger partial charge in [-0.2, -0.15) is 8.42 Å². The average Bonchev–Trinajstić information content (AvgIpc) is 2.83. The number of nitrogens with one attached hydrogen (secondary N) is 1. The molecule has 4 amide bonds. The number of imide groups is 2. The molecular formula is C23H15N3O8S. The van der Waals surface area contributed by atoms with Crippen molar-refractivity contribution in [1.29, 1.82) is 0 Å². The van der Waals surface area contributed by atoms with E-state index < -0.39 is 38.5 Å². The molecule has 1 heterocycles. The Hall–Kier alpha value is -4.84. The molecule has 1 saturated heterocycles. The molecule has 0 saturated carbocycles. The summed E-state index contributed by atoms with van der Waals surface area (Å²) >= 11 is 0. The highest BCUT2D eigenvalue weighted by Gasteiger charge is 2.37. The summed E-state index contributed by atoms with van der Waals surface area (Å²) in [5, 5.41) is 13.1. The summed E-state index contributed by atoms with van der Waals surface area (Å²) in [6.45, 7) is 0. The number of non-ortho nitro benzene ring substituents is 1. The monoisotopic (exact) mass is 493 g/mol. The molecule has 0 bridgehead atoms. The maximum absolute atomic E-state index is 13.1. The van der Waals surface area contributed by atoms with Crippen LogP contribution in [0.25, 0.3) is 6.08 Å². The van der Waals surface area contributed by atoms with E-state index in [1.54, 1.807) is 6.07 Å². The molecule has 3 aromatic rings. The highest BCUT2D eigenvalue weighted by Crippen LogP contribution is 2.28. The van der Waals surface area contributed by atoms with Crippen LogP contribution in [0.15, 0.2) is 89.3 Å². The molecule has 11 nitrogen and oxygen atoms in total. The Bertz CT molecular complexity index is 1500.